The van der Waals surface area contributed by atoms with Crippen molar-refractivity contribution in [3.8, 4) is 0 Å². The van der Waals surface area contributed by atoms with E-state index in [0.717, 1.165) is 19.4 Å². The monoisotopic (exact) mass is 179 g/mol. The zero-order valence-corrected chi connectivity index (χ0v) is 7.91. The number of nitrogens with two attached hydrogens (primary N) is 1. The molecule has 13 heavy (non-hydrogen) atoms. The molecule has 0 saturated heterocycles. The van der Waals surface area contributed by atoms with Crippen LogP contribution in [0.1, 0.15) is 12.0 Å². The first-order valence-corrected chi connectivity index (χ1v) is 4.75. The summed E-state index contributed by atoms with van der Waals surface area (Å²) < 4.78 is 5.28. The molecular weight excluding hydrogens is 162 g/mol. The Balaban J connectivity index is 2.07. The maximum Gasteiger partial charge on any atom is 0.0588 e. The average Bonchev–Trinajstić information content (AvgIpc) is 2.19. The number of rotatable bonds is 6. The van der Waals surface area contributed by atoms with Crippen LogP contribution in [-0.4, -0.2) is 19.8 Å². The summed E-state index contributed by atoms with van der Waals surface area (Å²) in [6, 6.07) is 10.5. The molecule has 0 amide bonds. The van der Waals surface area contributed by atoms with E-state index in [9.17, 15) is 0 Å². The molecule has 1 aromatic carbocycles. The van der Waals surface area contributed by atoms with Crippen molar-refractivity contribution in [1.29, 1.82) is 0 Å². The predicted molar refractivity (Wildman–Crippen MR) is 54.6 cm³/mol. The van der Waals surface area contributed by atoms with Crippen molar-refractivity contribution in [2.24, 2.45) is 5.73 Å². The van der Waals surface area contributed by atoms with Crippen LogP contribution in [0, 0.1) is 0 Å². The Kier molecular flexibility index (Phi) is 5.22. The number of hydrogen-bond donors (Lipinski definition) is 1. The second kappa shape index (κ2) is 6.63. The summed E-state index contributed by atoms with van der Waals surface area (Å²) in [5.41, 5.74) is 6.67. The number of aryl methyl sites for hydroxylation is 1. The van der Waals surface area contributed by atoms with Crippen molar-refractivity contribution in [3.63, 3.8) is 0 Å². The summed E-state index contributed by atoms with van der Waals surface area (Å²) in [5, 5.41) is 0. The van der Waals surface area contributed by atoms with Gasteiger partial charge in [0.25, 0.3) is 0 Å². The first-order chi connectivity index (χ1) is 6.43. The Morgan fingerprint density at radius 2 is 1.85 bits per heavy atom. The maximum absolute atomic E-state index is 5.30. The quantitative estimate of drug-likeness (QED) is 0.673. The van der Waals surface area contributed by atoms with Crippen molar-refractivity contribution in [1.82, 2.24) is 0 Å². The molecule has 0 bridgehead atoms. The van der Waals surface area contributed by atoms with Gasteiger partial charge in [-0.25, -0.2) is 0 Å². The van der Waals surface area contributed by atoms with E-state index in [2.05, 4.69) is 24.3 Å². The van der Waals surface area contributed by atoms with Gasteiger partial charge in [0.2, 0.25) is 0 Å². The van der Waals surface area contributed by atoms with Crippen LogP contribution in [0.5, 0.6) is 0 Å². The lowest BCUT2D eigenvalue weighted by atomic mass is 10.1. The largest absolute Gasteiger partial charge is 0.380 e. The summed E-state index contributed by atoms with van der Waals surface area (Å²) in [6.07, 6.45) is 2.16. The fourth-order valence-electron chi connectivity index (χ4n) is 1.21. The third-order valence-corrected chi connectivity index (χ3v) is 1.86. The molecule has 72 valence electrons. The van der Waals surface area contributed by atoms with Gasteiger partial charge in [-0.05, 0) is 18.4 Å². The summed E-state index contributed by atoms with van der Waals surface area (Å²) in [4.78, 5) is 0. The van der Waals surface area contributed by atoms with Crippen LogP contribution < -0.4 is 5.73 Å². The molecule has 0 aromatic heterocycles. The topological polar surface area (TPSA) is 35.2 Å². The average molecular weight is 179 g/mol. The zero-order valence-electron chi connectivity index (χ0n) is 7.91. The van der Waals surface area contributed by atoms with Gasteiger partial charge in [-0.1, -0.05) is 30.3 Å². The maximum atomic E-state index is 5.30. The summed E-state index contributed by atoms with van der Waals surface area (Å²) in [7, 11) is 0. The van der Waals surface area contributed by atoms with Gasteiger partial charge < -0.3 is 10.5 Å². The van der Waals surface area contributed by atoms with Gasteiger partial charge in [-0.2, -0.15) is 0 Å². The van der Waals surface area contributed by atoms with Gasteiger partial charge in [-0.15, -0.1) is 0 Å². The van der Waals surface area contributed by atoms with Crippen LogP contribution in [0.2, 0.25) is 0 Å². The van der Waals surface area contributed by atoms with E-state index < -0.39 is 0 Å². The molecule has 1 aromatic rings. The molecule has 0 aliphatic heterocycles. The summed E-state index contributed by atoms with van der Waals surface area (Å²) in [6.45, 7) is 2.10. The van der Waals surface area contributed by atoms with Crippen molar-refractivity contribution in [2.75, 3.05) is 19.8 Å². The van der Waals surface area contributed by atoms with Gasteiger partial charge in [0.05, 0.1) is 6.61 Å². The van der Waals surface area contributed by atoms with Crippen molar-refractivity contribution < 1.29 is 4.74 Å². The molecule has 2 N–H and O–H groups in total. The van der Waals surface area contributed by atoms with Crippen LogP contribution in [0.4, 0.5) is 0 Å². The smallest absolute Gasteiger partial charge is 0.0588 e. The third-order valence-electron chi connectivity index (χ3n) is 1.86. The van der Waals surface area contributed by atoms with Crippen LogP contribution in [0.15, 0.2) is 30.3 Å². The molecule has 1 rings (SSSR count). The fourth-order valence-corrected chi connectivity index (χ4v) is 1.21. The Bertz CT molecular complexity index is 211. The van der Waals surface area contributed by atoms with E-state index in [-0.39, 0.29) is 0 Å². The Labute approximate surface area is 79.7 Å². The molecule has 2 heteroatoms. The minimum Gasteiger partial charge on any atom is -0.380 e. The molecule has 0 aliphatic carbocycles. The fraction of sp³-hybridized carbons (Fsp3) is 0.455. The molecule has 0 radical (unpaired) electrons. The Morgan fingerprint density at radius 3 is 2.54 bits per heavy atom. The van der Waals surface area contributed by atoms with Crippen LogP contribution in [0.25, 0.3) is 0 Å². The van der Waals surface area contributed by atoms with Crippen LogP contribution in [0.3, 0.4) is 0 Å². The van der Waals surface area contributed by atoms with Gasteiger partial charge in [0, 0.05) is 13.2 Å². The number of benzene rings is 1. The highest BCUT2D eigenvalue weighted by Crippen LogP contribution is 2.01. The van der Waals surface area contributed by atoms with Crippen LogP contribution in [-0.2, 0) is 11.2 Å². The van der Waals surface area contributed by atoms with E-state index >= 15 is 0 Å². The lowest BCUT2D eigenvalue weighted by molar-refractivity contribution is 0.139. The third kappa shape index (κ3) is 4.65. The summed E-state index contributed by atoms with van der Waals surface area (Å²) in [5.74, 6) is 0. The minimum atomic E-state index is 0.616. The SMILES string of the molecule is NCCOCCCc1ccccc1. The molecule has 0 spiro atoms. The molecule has 0 fully saturated rings. The predicted octanol–water partition coefficient (Wildman–Crippen LogP) is 1.59. The van der Waals surface area contributed by atoms with E-state index in [0.29, 0.717) is 13.2 Å². The molecular formula is C11H17NO. The summed E-state index contributed by atoms with van der Waals surface area (Å²) >= 11 is 0. The standard InChI is InChI=1S/C11H17NO/c12-8-10-13-9-4-7-11-5-2-1-3-6-11/h1-3,5-6H,4,7-10,12H2. The Morgan fingerprint density at radius 1 is 1.08 bits per heavy atom. The molecule has 0 saturated carbocycles. The highest BCUT2D eigenvalue weighted by molar-refractivity contribution is 5.14. The van der Waals surface area contributed by atoms with Gasteiger partial charge >= 0.3 is 0 Å². The minimum absolute atomic E-state index is 0.616. The van der Waals surface area contributed by atoms with E-state index in [1.807, 2.05) is 6.07 Å². The molecule has 0 aliphatic rings. The highest BCUT2D eigenvalue weighted by atomic mass is 16.5. The lowest BCUT2D eigenvalue weighted by Gasteiger charge is -2.02. The molecule has 0 unspecified atom stereocenters. The number of hydrogen-bond acceptors (Lipinski definition) is 2. The number of ether oxygens (including phenoxy) is 1. The zero-order chi connectivity index (χ0) is 9.36. The lowest BCUT2D eigenvalue weighted by Crippen LogP contribution is -2.09. The van der Waals surface area contributed by atoms with Gasteiger partial charge in [0.15, 0.2) is 0 Å². The van der Waals surface area contributed by atoms with Gasteiger partial charge in [0.1, 0.15) is 0 Å². The van der Waals surface area contributed by atoms with Crippen molar-refractivity contribution in [2.45, 2.75) is 12.8 Å². The van der Waals surface area contributed by atoms with Crippen molar-refractivity contribution in [3.05, 3.63) is 35.9 Å². The molecule has 2 nitrogen and oxygen atoms in total. The van der Waals surface area contributed by atoms with E-state index in [1.165, 1.54) is 5.56 Å². The Hall–Kier alpha value is -0.860. The van der Waals surface area contributed by atoms with E-state index in [4.69, 9.17) is 10.5 Å². The van der Waals surface area contributed by atoms with Crippen LogP contribution >= 0.6 is 0 Å². The first-order valence-electron chi connectivity index (χ1n) is 4.75. The first kappa shape index (κ1) is 10.2. The second-order valence-corrected chi connectivity index (χ2v) is 2.99. The van der Waals surface area contributed by atoms with E-state index in [1.54, 1.807) is 0 Å². The van der Waals surface area contributed by atoms with Gasteiger partial charge in [-0.3, -0.25) is 0 Å². The normalized spacial score (nSPS) is 10.2. The highest BCUT2D eigenvalue weighted by Gasteiger charge is 1.91. The van der Waals surface area contributed by atoms with Crippen molar-refractivity contribution >= 4 is 0 Å². The molecule has 0 atom stereocenters. The molecule has 0 heterocycles. The second-order valence-electron chi connectivity index (χ2n) is 2.99.